The van der Waals surface area contributed by atoms with Crippen LogP contribution in [0, 0.1) is 0 Å². The van der Waals surface area contributed by atoms with Gasteiger partial charge in [0.1, 0.15) is 0 Å². The Bertz CT molecular complexity index is 253. The first-order chi connectivity index (χ1) is 8.22. The zero-order valence-corrected chi connectivity index (χ0v) is 12.6. The van der Waals surface area contributed by atoms with Crippen LogP contribution in [0.4, 0.5) is 4.79 Å². The second-order valence-electron chi connectivity index (χ2n) is 5.63. The Kier molecular flexibility index (Phi) is 7.25. The van der Waals surface area contributed by atoms with E-state index in [9.17, 15) is 4.79 Å². The van der Waals surface area contributed by atoms with Crippen molar-refractivity contribution in [1.82, 2.24) is 10.6 Å². The first-order valence-electron chi connectivity index (χ1n) is 6.46. The smallest absolute Gasteiger partial charge is 0.407 e. The highest BCUT2D eigenvalue weighted by molar-refractivity contribution is 5.68. The van der Waals surface area contributed by atoms with Crippen molar-refractivity contribution in [2.75, 3.05) is 26.8 Å². The summed E-state index contributed by atoms with van der Waals surface area (Å²) in [6.07, 6.45) is 0.512. The van der Waals surface area contributed by atoms with Gasteiger partial charge in [0.15, 0.2) is 0 Å². The van der Waals surface area contributed by atoms with Crippen molar-refractivity contribution in [3.63, 3.8) is 0 Å². The van der Waals surface area contributed by atoms with Crippen molar-refractivity contribution in [3.8, 4) is 0 Å². The van der Waals surface area contributed by atoms with Gasteiger partial charge in [-0.2, -0.15) is 0 Å². The maximum absolute atomic E-state index is 11.4. The predicted octanol–water partition coefficient (Wildman–Crippen LogP) is 1.92. The Balaban J connectivity index is 4.12. The van der Waals surface area contributed by atoms with E-state index in [1.165, 1.54) is 0 Å². The van der Waals surface area contributed by atoms with Gasteiger partial charge in [-0.05, 0) is 54.6 Å². The van der Waals surface area contributed by atoms with Crippen molar-refractivity contribution in [3.05, 3.63) is 0 Å². The van der Waals surface area contributed by atoms with Crippen LogP contribution >= 0.6 is 0 Å². The van der Waals surface area contributed by atoms with E-state index in [1.54, 1.807) is 6.92 Å². The Morgan fingerprint density at radius 3 is 2.33 bits per heavy atom. The van der Waals surface area contributed by atoms with E-state index < -0.39 is 11.6 Å². The molecule has 0 fully saturated rings. The molecule has 5 heteroatoms. The molecule has 0 aliphatic carbocycles. The minimum Gasteiger partial charge on any atom is -0.450 e. The molecule has 5 nitrogen and oxygen atoms in total. The second kappa shape index (κ2) is 7.59. The number of carbonyl (C=O) groups excluding carboxylic acids is 1. The van der Waals surface area contributed by atoms with Crippen molar-refractivity contribution in [2.24, 2.45) is 0 Å². The molecular weight excluding hydrogens is 232 g/mol. The van der Waals surface area contributed by atoms with Gasteiger partial charge in [-0.15, -0.1) is 0 Å². The van der Waals surface area contributed by atoms with Crippen molar-refractivity contribution >= 4 is 6.09 Å². The molecule has 0 aromatic carbocycles. The molecule has 0 saturated carbocycles. The van der Waals surface area contributed by atoms with E-state index >= 15 is 0 Å². The van der Waals surface area contributed by atoms with Crippen LogP contribution in [0.1, 0.15) is 41.0 Å². The number of rotatable bonds is 8. The van der Waals surface area contributed by atoms with Crippen molar-refractivity contribution in [1.29, 1.82) is 0 Å². The lowest BCUT2D eigenvalue weighted by Gasteiger charge is -2.32. The van der Waals surface area contributed by atoms with Crippen molar-refractivity contribution in [2.45, 2.75) is 52.2 Å². The number of alkyl carbamates (subject to hydrolysis) is 1. The zero-order valence-electron chi connectivity index (χ0n) is 12.6. The van der Waals surface area contributed by atoms with Gasteiger partial charge >= 0.3 is 6.09 Å². The van der Waals surface area contributed by atoms with Crippen LogP contribution in [-0.2, 0) is 9.47 Å². The molecule has 0 saturated heterocycles. The third kappa shape index (κ3) is 8.31. The lowest BCUT2D eigenvalue weighted by molar-refractivity contribution is -0.0463. The molecule has 2 N–H and O–H groups in total. The number of hydrogen-bond donors (Lipinski definition) is 2. The third-order valence-corrected chi connectivity index (χ3v) is 2.52. The predicted molar refractivity (Wildman–Crippen MR) is 72.8 cm³/mol. The van der Waals surface area contributed by atoms with Gasteiger partial charge in [0.25, 0.3) is 0 Å². The van der Waals surface area contributed by atoms with Gasteiger partial charge in [0, 0.05) is 0 Å². The van der Waals surface area contributed by atoms with E-state index in [1.807, 2.05) is 34.7 Å². The van der Waals surface area contributed by atoms with Gasteiger partial charge in [-0.25, -0.2) is 4.79 Å². The number of amides is 1. The average Bonchev–Trinajstić information content (AvgIpc) is 2.24. The van der Waals surface area contributed by atoms with E-state index in [4.69, 9.17) is 9.47 Å². The summed E-state index contributed by atoms with van der Waals surface area (Å²) in [4.78, 5) is 11.4. The molecule has 0 aromatic heterocycles. The summed E-state index contributed by atoms with van der Waals surface area (Å²) in [6, 6.07) is 0. The Morgan fingerprint density at radius 1 is 1.22 bits per heavy atom. The van der Waals surface area contributed by atoms with E-state index in [0.717, 1.165) is 13.0 Å². The molecule has 0 aliphatic rings. The third-order valence-electron chi connectivity index (χ3n) is 2.52. The average molecular weight is 260 g/mol. The molecule has 1 amide bonds. The highest BCUT2D eigenvalue weighted by Crippen LogP contribution is 2.16. The van der Waals surface area contributed by atoms with E-state index in [-0.39, 0.29) is 5.60 Å². The summed E-state index contributed by atoms with van der Waals surface area (Å²) in [5.74, 6) is 0. The molecule has 0 heterocycles. The summed E-state index contributed by atoms with van der Waals surface area (Å²) in [7, 11) is 1.92. The Labute approximate surface area is 111 Å². The van der Waals surface area contributed by atoms with Gasteiger partial charge in [-0.3, -0.25) is 0 Å². The highest BCUT2D eigenvalue weighted by atomic mass is 16.5. The molecule has 0 unspecified atom stereocenters. The fourth-order valence-electron chi connectivity index (χ4n) is 1.35. The number of hydrogen-bond acceptors (Lipinski definition) is 4. The monoisotopic (exact) mass is 260 g/mol. The summed E-state index contributed by atoms with van der Waals surface area (Å²) < 4.78 is 10.7. The number of ether oxygens (including phenoxy) is 2. The minimum absolute atomic E-state index is 0.212. The summed E-state index contributed by atoms with van der Waals surface area (Å²) in [6.45, 7) is 11.4. The maximum Gasteiger partial charge on any atom is 0.407 e. The molecule has 108 valence electrons. The van der Waals surface area contributed by atoms with E-state index in [0.29, 0.717) is 13.2 Å². The van der Waals surface area contributed by atoms with Crippen LogP contribution in [0.3, 0.4) is 0 Å². The van der Waals surface area contributed by atoms with Gasteiger partial charge in [0.2, 0.25) is 0 Å². The number of nitrogens with one attached hydrogen (secondary N) is 2. The topological polar surface area (TPSA) is 59.6 Å². The lowest BCUT2D eigenvalue weighted by atomic mass is 10.0. The van der Waals surface area contributed by atoms with Crippen LogP contribution in [0.15, 0.2) is 0 Å². The maximum atomic E-state index is 11.4. The Hall–Kier alpha value is -0.810. The molecular formula is C13H28N2O3. The fourth-order valence-corrected chi connectivity index (χ4v) is 1.35. The molecule has 0 aliphatic heterocycles. The quantitative estimate of drug-likeness (QED) is 0.700. The molecule has 0 bridgehead atoms. The zero-order chi connectivity index (χ0) is 14.2. The van der Waals surface area contributed by atoms with Crippen LogP contribution in [0.2, 0.25) is 0 Å². The van der Waals surface area contributed by atoms with Gasteiger partial charge in [0.05, 0.1) is 24.4 Å². The number of carbonyl (C=O) groups is 1. The summed E-state index contributed by atoms with van der Waals surface area (Å²) in [5.41, 5.74) is -0.653. The van der Waals surface area contributed by atoms with E-state index in [2.05, 4.69) is 10.6 Å². The molecule has 0 atom stereocenters. The second-order valence-corrected chi connectivity index (χ2v) is 5.63. The Morgan fingerprint density at radius 2 is 1.83 bits per heavy atom. The summed E-state index contributed by atoms with van der Waals surface area (Å²) in [5, 5.41) is 5.88. The minimum atomic E-state index is -0.441. The first-order valence-corrected chi connectivity index (χ1v) is 6.46. The molecule has 0 rings (SSSR count). The van der Waals surface area contributed by atoms with Gasteiger partial charge < -0.3 is 20.1 Å². The fraction of sp³-hybridized carbons (Fsp3) is 0.923. The van der Waals surface area contributed by atoms with Crippen LogP contribution in [-0.4, -0.2) is 44.0 Å². The standard InChI is InChI=1S/C13H28N2O3/c1-7-17-11(16)15-12(2,3)10-18-13(4,5)8-9-14-6/h14H,7-10H2,1-6H3,(H,15,16). The normalized spacial score (nSPS) is 12.3. The van der Waals surface area contributed by atoms with Crippen LogP contribution in [0.5, 0.6) is 0 Å². The van der Waals surface area contributed by atoms with Gasteiger partial charge in [-0.1, -0.05) is 0 Å². The molecule has 0 spiro atoms. The molecule has 0 radical (unpaired) electrons. The molecule has 18 heavy (non-hydrogen) atoms. The first kappa shape index (κ1) is 17.2. The lowest BCUT2D eigenvalue weighted by Crippen LogP contribution is -2.49. The largest absolute Gasteiger partial charge is 0.450 e. The van der Waals surface area contributed by atoms with Crippen molar-refractivity contribution < 1.29 is 14.3 Å². The SMILES string of the molecule is CCOC(=O)NC(C)(C)COC(C)(C)CCNC. The summed E-state index contributed by atoms with van der Waals surface area (Å²) >= 11 is 0. The highest BCUT2D eigenvalue weighted by Gasteiger charge is 2.26. The molecule has 0 aromatic rings. The van der Waals surface area contributed by atoms with Crippen LogP contribution < -0.4 is 10.6 Å². The van der Waals surface area contributed by atoms with Crippen LogP contribution in [0.25, 0.3) is 0 Å².